The maximum atomic E-state index is 11.9. The van der Waals surface area contributed by atoms with Gasteiger partial charge >= 0.3 is 5.97 Å². The number of rotatable bonds is 2. The van der Waals surface area contributed by atoms with E-state index in [4.69, 9.17) is 10.5 Å². The standard InChI is InChI=1S/C15H15NO3/c1-9-8-11(16)12(10-6-4-3-5-7-10)13(14(9)17)15(18)19-2/h3-8,17H,16H2,1-2H3. The first-order chi connectivity index (χ1) is 9.06. The first kappa shape index (κ1) is 13.0. The van der Waals surface area contributed by atoms with E-state index in [1.807, 2.05) is 30.3 Å². The van der Waals surface area contributed by atoms with E-state index in [1.54, 1.807) is 13.0 Å². The summed E-state index contributed by atoms with van der Waals surface area (Å²) in [5.41, 5.74) is 8.33. The zero-order chi connectivity index (χ0) is 14.0. The van der Waals surface area contributed by atoms with E-state index < -0.39 is 5.97 Å². The Balaban J connectivity index is 2.79. The van der Waals surface area contributed by atoms with Crippen LogP contribution in [0.25, 0.3) is 11.1 Å². The predicted octanol–water partition coefficient (Wildman–Crippen LogP) is 2.74. The summed E-state index contributed by atoms with van der Waals surface area (Å²) in [7, 11) is 1.27. The van der Waals surface area contributed by atoms with Crippen molar-refractivity contribution in [3.63, 3.8) is 0 Å². The molecule has 0 spiro atoms. The molecule has 0 heterocycles. The third-order valence-corrected chi connectivity index (χ3v) is 2.97. The second-order valence-electron chi connectivity index (χ2n) is 4.24. The Morgan fingerprint density at radius 2 is 1.89 bits per heavy atom. The van der Waals surface area contributed by atoms with Crippen molar-refractivity contribution >= 4 is 11.7 Å². The molecular formula is C15H15NO3. The molecule has 0 bridgehead atoms. The second kappa shape index (κ2) is 5.02. The highest BCUT2D eigenvalue weighted by molar-refractivity contribution is 6.03. The molecule has 19 heavy (non-hydrogen) atoms. The first-order valence-corrected chi connectivity index (χ1v) is 5.82. The number of aryl methyl sites for hydroxylation is 1. The van der Waals surface area contributed by atoms with Crippen LogP contribution in [0.1, 0.15) is 15.9 Å². The van der Waals surface area contributed by atoms with E-state index in [0.717, 1.165) is 5.56 Å². The van der Waals surface area contributed by atoms with Crippen molar-refractivity contribution in [1.29, 1.82) is 0 Å². The Morgan fingerprint density at radius 1 is 1.26 bits per heavy atom. The second-order valence-corrected chi connectivity index (χ2v) is 4.24. The van der Waals surface area contributed by atoms with Gasteiger partial charge in [-0.3, -0.25) is 0 Å². The lowest BCUT2D eigenvalue weighted by atomic mass is 9.94. The highest BCUT2D eigenvalue weighted by Crippen LogP contribution is 2.37. The van der Waals surface area contributed by atoms with Crippen LogP contribution in [-0.4, -0.2) is 18.2 Å². The van der Waals surface area contributed by atoms with Crippen LogP contribution in [-0.2, 0) is 4.74 Å². The average Bonchev–Trinajstić information content (AvgIpc) is 2.42. The highest BCUT2D eigenvalue weighted by atomic mass is 16.5. The van der Waals surface area contributed by atoms with Crippen LogP contribution in [0.2, 0.25) is 0 Å². The number of hydrogen-bond acceptors (Lipinski definition) is 4. The zero-order valence-corrected chi connectivity index (χ0v) is 10.8. The highest BCUT2D eigenvalue weighted by Gasteiger charge is 2.22. The summed E-state index contributed by atoms with van der Waals surface area (Å²) < 4.78 is 4.73. The molecule has 0 aliphatic heterocycles. The molecule has 0 aromatic heterocycles. The van der Waals surface area contributed by atoms with Crippen LogP contribution in [0, 0.1) is 6.92 Å². The number of anilines is 1. The van der Waals surface area contributed by atoms with Crippen molar-refractivity contribution in [2.24, 2.45) is 0 Å². The number of nitrogen functional groups attached to an aromatic ring is 1. The van der Waals surface area contributed by atoms with E-state index in [9.17, 15) is 9.90 Å². The van der Waals surface area contributed by atoms with Gasteiger partial charge in [-0.25, -0.2) is 4.79 Å². The SMILES string of the molecule is COC(=O)c1c(O)c(C)cc(N)c1-c1ccccc1. The minimum atomic E-state index is -0.605. The van der Waals surface area contributed by atoms with Crippen molar-refractivity contribution < 1.29 is 14.6 Å². The van der Waals surface area contributed by atoms with Gasteiger partial charge in [0.2, 0.25) is 0 Å². The number of aromatic hydroxyl groups is 1. The van der Waals surface area contributed by atoms with Crippen molar-refractivity contribution in [3.05, 3.63) is 47.5 Å². The summed E-state index contributed by atoms with van der Waals surface area (Å²) >= 11 is 0. The number of carbonyl (C=O) groups excluding carboxylic acids is 1. The van der Waals surface area contributed by atoms with E-state index in [0.29, 0.717) is 16.8 Å². The molecule has 0 aliphatic carbocycles. The fraction of sp³-hybridized carbons (Fsp3) is 0.133. The smallest absolute Gasteiger partial charge is 0.342 e. The number of methoxy groups -OCH3 is 1. The Bertz CT molecular complexity index is 621. The molecule has 0 amide bonds. The van der Waals surface area contributed by atoms with E-state index in [1.165, 1.54) is 7.11 Å². The van der Waals surface area contributed by atoms with Gasteiger partial charge < -0.3 is 15.6 Å². The topological polar surface area (TPSA) is 72.5 Å². The molecule has 3 N–H and O–H groups in total. The number of carbonyl (C=O) groups is 1. The van der Waals surface area contributed by atoms with Crippen molar-refractivity contribution in [1.82, 2.24) is 0 Å². The van der Waals surface area contributed by atoms with Gasteiger partial charge in [0, 0.05) is 11.3 Å². The van der Waals surface area contributed by atoms with Gasteiger partial charge in [-0.1, -0.05) is 30.3 Å². The van der Waals surface area contributed by atoms with Crippen LogP contribution < -0.4 is 5.73 Å². The molecule has 2 rings (SSSR count). The number of ether oxygens (including phenoxy) is 1. The summed E-state index contributed by atoms with van der Waals surface area (Å²) in [6.07, 6.45) is 0. The molecule has 98 valence electrons. The van der Waals surface area contributed by atoms with Crippen molar-refractivity contribution in [2.75, 3.05) is 12.8 Å². The number of esters is 1. The number of phenolic OH excluding ortho intramolecular Hbond substituents is 1. The fourth-order valence-electron chi connectivity index (χ4n) is 2.05. The first-order valence-electron chi connectivity index (χ1n) is 5.82. The monoisotopic (exact) mass is 257 g/mol. The fourth-order valence-corrected chi connectivity index (χ4v) is 2.05. The average molecular weight is 257 g/mol. The van der Waals surface area contributed by atoms with Crippen molar-refractivity contribution in [2.45, 2.75) is 6.92 Å². The van der Waals surface area contributed by atoms with Gasteiger partial charge in [0.25, 0.3) is 0 Å². The minimum Gasteiger partial charge on any atom is -0.507 e. The maximum Gasteiger partial charge on any atom is 0.342 e. The normalized spacial score (nSPS) is 10.2. The van der Waals surface area contributed by atoms with Crippen LogP contribution in [0.4, 0.5) is 5.69 Å². The molecule has 0 saturated carbocycles. The molecule has 0 unspecified atom stereocenters. The third-order valence-electron chi connectivity index (χ3n) is 2.97. The largest absolute Gasteiger partial charge is 0.507 e. The third kappa shape index (κ3) is 2.25. The van der Waals surface area contributed by atoms with E-state index in [-0.39, 0.29) is 11.3 Å². The van der Waals surface area contributed by atoms with Gasteiger partial charge in [-0.15, -0.1) is 0 Å². The summed E-state index contributed by atoms with van der Waals surface area (Å²) in [4.78, 5) is 11.9. The lowest BCUT2D eigenvalue weighted by Gasteiger charge is -2.14. The van der Waals surface area contributed by atoms with Crippen LogP contribution in [0.3, 0.4) is 0 Å². The molecule has 2 aromatic carbocycles. The van der Waals surface area contributed by atoms with Crippen molar-refractivity contribution in [3.8, 4) is 16.9 Å². The Hall–Kier alpha value is -2.49. The Labute approximate surface area is 111 Å². The molecule has 0 saturated heterocycles. The lowest BCUT2D eigenvalue weighted by molar-refractivity contribution is 0.0598. The quantitative estimate of drug-likeness (QED) is 0.493. The molecule has 0 atom stereocenters. The Morgan fingerprint density at radius 3 is 2.47 bits per heavy atom. The van der Waals surface area contributed by atoms with E-state index >= 15 is 0 Å². The Kier molecular flexibility index (Phi) is 3.42. The summed E-state index contributed by atoms with van der Waals surface area (Å²) in [6.45, 7) is 1.69. The molecule has 4 nitrogen and oxygen atoms in total. The van der Waals surface area contributed by atoms with Gasteiger partial charge in [0.05, 0.1) is 7.11 Å². The molecule has 0 radical (unpaired) electrons. The summed E-state index contributed by atoms with van der Waals surface area (Å²) in [5.74, 6) is -0.702. The van der Waals surface area contributed by atoms with E-state index in [2.05, 4.69) is 0 Å². The van der Waals surface area contributed by atoms with Crippen LogP contribution in [0.5, 0.6) is 5.75 Å². The van der Waals surface area contributed by atoms with Crippen LogP contribution >= 0.6 is 0 Å². The molecule has 0 fully saturated rings. The molecule has 4 heteroatoms. The molecule has 2 aromatic rings. The number of nitrogens with two attached hydrogens (primary N) is 1. The van der Waals surface area contributed by atoms with Gasteiger partial charge in [-0.05, 0) is 24.1 Å². The van der Waals surface area contributed by atoms with Gasteiger partial charge in [0.1, 0.15) is 11.3 Å². The predicted molar refractivity (Wildman–Crippen MR) is 74.0 cm³/mol. The summed E-state index contributed by atoms with van der Waals surface area (Å²) in [5, 5.41) is 10.1. The lowest BCUT2D eigenvalue weighted by Crippen LogP contribution is -2.07. The minimum absolute atomic E-state index is 0.0973. The number of hydrogen-bond donors (Lipinski definition) is 2. The molecular weight excluding hydrogens is 242 g/mol. The zero-order valence-electron chi connectivity index (χ0n) is 10.8. The number of phenols is 1. The van der Waals surface area contributed by atoms with Gasteiger partial charge in [0.15, 0.2) is 0 Å². The van der Waals surface area contributed by atoms with Crippen LogP contribution in [0.15, 0.2) is 36.4 Å². The number of benzene rings is 2. The van der Waals surface area contributed by atoms with Gasteiger partial charge in [-0.2, -0.15) is 0 Å². The summed E-state index contributed by atoms with van der Waals surface area (Å²) in [6, 6.07) is 10.8. The maximum absolute atomic E-state index is 11.9. The molecule has 0 aliphatic rings.